The smallest absolute Gasteiger partial charge is 0.279 e. The number of benzene rings is 1. The fourth-order valence-corrected chi connectivity index (χ4v) is 1.62. The first-order valence-electron chi connectivity index (χ1n) is 4.62. The van der Waals surface area contributed by atoms with Crippen molar-refractivity contribution >= 4 is 29.1 Å². The van der Waals surface area contributed by atoms with E-state index in [-0.39, 0.29) is 5.01 Å². The third-order valence-electron chi connectivity index (χ3n) is 1.94. The molecule has 0 unspecified atom stereocenters. The fraction of sp³-hybridized carbons (Fsp3) is 0.100. The molecule has 5 nitrogen and oxygen atoms in total. The van der Waals surface area contributed by atoms with Crippen LogP contribution < -0.4 is 11.1 Å². The largest absolute Gasteiger partial charge is 0.363 e. The van der Waals surface area contributed by atoms with Crippen LogP contribution in [-0.4, -0.2) is 15.3 Å². The van der Waals surface area contributed by atoms with Crippen LogP contribution in [0.1, 0.15) is 15.4 Å². The van der Waals surface area contributed by atoms with E-state index in [1.807, 2.05) is 31.2 Å². The molecule has 3 N–H and O–H groups in total. The summed E-state index contributed by atoms with van der Waals surface area (Å²) in [6.07, 6.45) is 0. The maximum absolute atomic E-state index is 10.8. The summed E-state index contributed by atoms with van der Waals surface area (Å²) >= 11 is 0.982. The van der Waals surface area contributed by atoms with Gasteiger partial charge in [-0.2, -0.15) is 9.36 Å². The standard InChI is InChI=1S/C10H10N4OS/c1-6-2-4-7(5-3-6)12-10-13-9(8(11)15)16-14-10/h2-5H,1H3,(H2,11,15)(H,12,14). The van der Waals surface area contributed by atoms with Gasteiger partial charge < -0.3 is 11.1 Å². The molecular formula is C10H10N4OS. The Morgan fingerprint density at radius 2 is 2.06 bits per heavy atom. The monoisotopic (exact) mass is 234 g/mol. The van der Waals surface area contributed by atoms with Crippen molar-refractivity contribution in [3.63, 3.8) is 0 Å². The van der Waals surface area contributed by atoms with Gasteiger partial charge in [-0.1, -0.05) is 17.7 Å². The van der Waals surface area contributed by atoms with E-state index in [0.717, 1.165) is 17.2 Å². The maximum atomic E-state index is 10.8. The molecule has 0 aliphatic carbocycles. The Labute approximate surface area is 96.5 Å². The average molecular weight is 234 g/mol. The summed E-state index contributed by atoms with van der Waals surface area (Å²) < 4.78 is 3.97. The van der Waals surface area contributed by atoms with Gasteiger partial charge in [-0.3, -0.25) is 4.79 Å². The molecule has 0 saturated heterocycles. The van der Waals surface area contributed by atoms with Gasteiger partial charge in [-0.25, -0.2) is 0 Å². The van der Waals surface area contributed by atoms with Crippen LogP contribution in [0.5, 0.6) is 0 Å². The van der Waals surface area contributed by atoms with E-state index in [9.17, 15) is 4.79 Å². The Morgan fingerprint density at radius 3 is 2.62 bits per heavy atom. The number of anilines is 2. The molecule has 0 aliphatic heterocycles. The number of rotatable bonds is 3. The van der Waals surface area contributed by atoms with Crippen LogP contribution in [0.3, 0.4) is 0 Å². The lowest BCUT2D eigenvalue weighted by Gasteiger charge is -2.01. The van der Waals surface area contributed by atoms with Crippen LogP contribution in [-0.2, 0) is 0 Å². The number of aryl methyl sites for hydroxylation is 1. The highest BCUT2D eigenvalue weighted by Gasteiger charge is 2.08. The van der Waals surface area contributed by atoms with Crippen molar-refractivity contribution in [3.05, 3.63) is 34.8 Å². The van der Waals surface area contributed by atoms with Gasteiger partial charge in [0.05, 0.1) is 0 Å². The summed E-state index contributed by atoms with van der Waals surface area (Å²) in [7, 11) is 0. The Hall–Kier alpha value is -1.95. The molecule has 6 heteroatoms. The average Bonchev–Trinajstić information content (AvgIpc) is 2.70. The second kappa shape index (κ2) is 4.28. The van der Waals surface area contributed by atoms with E-state index < -0.39 is 5.91 Å². The number of hydrogen-bond acceptors (Lipinski definition) is 5. The van der Waals surface area contributed by atoms with E-state index in [1.165, 1.54) is 5.56 Å². The third kappa shape index (κ3) is 2.34. The van der Waals surface area contributed by atoms with E-state index in [2.05, 4.69) is 14.7 Å². The summed E-state index contributed by atoms with van der Waals surface area (Å²) in [5.74, 6) is -0.169. The number of hydrogen-bond donors (Lipinski definition) is 2. The Morgan fingerprint density at radius 1 is 1.38 bits per heavy atom. The van der Waals surface area contributed by atoms with Gasteiger partial charge in [-0.15, -0.1) is 0 Å². The summed E-state index contributed by atoms with van der Waals surface area (Å²) in [6, 6.07) is 7.79. The van der Waals surface area contributed by atoms with Crippen molar-refractivity contribution in [1.82, 2.24) is 9.36 Å². The number of nitrogens with one attached hydrogen (secondary N) is 1. The molecule has 1 heterocycles. The highest BCUT2D eigenvalue weighted by atomic mass is 32.1. The fourth-order valence-electron chi connectivity index (χ4n) is 1.14. The number of amides is 1. The molecule has 0 spiro atoms. The van der Waals surface area contributed by atoms with Gasteiger partial charge in [-0.05, 0) is 30.6 Å². The molecule has 0 fully saturated rings. The summed E-state index contributed by atoms with van der Waals surface area (Å²) in [5, 5.41) is 3.19. The molecule has 1 amide bonds. The highest BCUT2D eigenvalue weighted by molar-refractivity contribution is 7.07. The van der Waals surface area contributed by atoms with Crippen LogP contribution in [0.25, 0.3) is 0 Å². The van der Waals surface area contributed by atoms with Crippen LogP contribution in [0.2, 0.25) is 0 Å². The summed E-state index contributed by atoms with van der Waals surface area (Å²) in [5.41, 5.74) is 7.13. The molecule has 82 valence electrons. The molecule has 0 saturated carbocycles. The lowest BCUT2D eigenvalue weighted by Crippen LogP contribution is -2.10. The summed E-state index contributed by atoms with van der Waals surface area (Å²) in [4.78, 5) is 14.8. The second-order valence-electron chi connectivity index (χ2n) is 3.28. The molecule has 1 aromatic heterocycles. The zero-order valence-electron chi connectivity index (χ0n) is 8.60. The number of nitrogens with two attached hydrogens (primary N) is 1. The first kappa shape index (κ1) is 10.6. The van der Waals surface area contributed by atoms with Gasteiger partial charge >= 0.3 is 0 Å². The number of nitrogens with zero attached hydrogens (tertiary/aromatic N) is 2. The number of aromatic nitrogens is 2. The molecule has 2 rings (SSSR count). The predicted octanol–water partition coefficient (Wildman–Crippen LogP) is 1.69. The molecule has 16 heavy (non-hydrogen) atoms. The van der Waals surface area contributed by atoms with Crippen molar-refractivity contribution < 1.29 is 4.79 Å². The normalized spacial score (nSPS) is 10.1. The van der Waals surface area contributed by atoms with Gasteiger partial charge in [0, 0.05) is 5.69 Å². The van der Waals surface area contributed by atoms with Crippen molar-refractivity contribution in [2.24, 2.45) is 5.73 Å². The van der Waals surface area contributed by atoms with E-state index in [4.69, 9.17) is 5.73 Å². The zero-order chi connectivity index (χ0) is 11.5. The van der Waals surface area contributed by atoms with Gasteiger partial charge in [0.2, 0.25) is 11.0 Å². The molecule has 0 bridgehead atoms. The molecule has 1 aromatic carbocycles. The minimum Gasteiger partial charge on any atom is -0.363 e. The van der Waals surface area contributed by atoms with E-state index >= 15 is 0 Å². The van der Waals surface area contributed by atoms with Gasteiger partial charge in [0.25, 0.3) is 5.91 Å². The van der Waals surface area contributed by atoms with Crippen molar-refractivity contribution in [3.8, 4) is 0 Å². The second-order valence-corrected chi connectivity index (χ2v) is 4.03. The first-order chi connectivity index (χ1) is 7.65. The summed E-state index contributed by atoms with van der Waals surface area (Å²) in [6.45, 7) is 2.01. The molecule has 0 aliphatic rings. The third-order valence-corrected chi connectivity index (χ3v) is 2.67. The molecular weight excluding hydrogens is 224 g/mol. The Kier molecular flexibility index (Phi) is 2.82. The first-order valence-corrected chi connectivity index (χ1v) is 5.40. The topological polar surface area (TPSA) is 80.9 Å². The molecule has 0 atom stereocenters. The van der Waals surface area contributed by atoms with Crippen molar-refractivity contribution in [2.45, 2.75) is 6.92 Å². The van der Waals surface area contributed by atoms with Gasteiger partial charge in [0.1, 0.15) is 0 Å². The molecule has 0 radical (unpaired) electrons. The van der Waals surface area contributed by atoms with Gasteiger partial charge in [0.15, 0.2) is 0 Å². The van der Waals surface area contributed by atoms with Crippen LogP contribution in [0.4, 0.5) is 11.6 Å². The lowest BCUT2D eigenvalue weighted by molar-refractivity contribution is 0.1000. The number of carbonyl (C=O) groups is 1. The van der Waals surface area contributed by atoms with Crippen LogP contribution in [0.15, 0.2) is 24.3 Å². The quantitative estimate of drug-likeness (QED) is 0.846. The molecule has 2 aromatic rings. The lowest BCUT2D eigenvalue weighted by atomic mass is 10.2. The highest BCUT2D eigenvalue weighted by Crippen LogP contribution is 2.15. The minimum atomic E-state index is -0.561. The van der Waals surface area contributed by atoms with Crippen molar-refractivity contribution in [2.75, 3.05) is 5.32 Å². The van der Waals surface area contributed by atoms with Crippen LogP contribution in [0, 0.1) is 6.92 Å². The predicted molar refractivity (Wildman–Crippen MR) is 62.9 cm³/mol. The number of primary amides is 1. The maximum Gasteiger partial charge on any atom is 0.279 e. The van der Waals surface area contributed by atoms with Crippen LogP contribution >= 0.6 is 11.5 Å². The Bertz CT molecular complexity index is 506. The Balaban J connectivity index is 2.14. The minimum absolute atomic E-state index is 0.203. The van der Waals surface area contributed by atoms with Crippen molar-refractivity contribution in [1.29, 1.82) is 0 Å². The van der Waals surface area contributed by atoms with E-state index in [1.54, 1.807) is 0 Å². The SMILES string of the molecule is Cc1ccc(Nc2nsc(C(N)=O)n2)cc1. The number of carbonyl (C=O) groups excluding carboxylic acids is 1. The zero-order valence-corrected chi connectivity index (χ0v) is 9.41. The van der Waals surface area contributed by atoms with E-state index in [0.29, 0.717) is 5.95 Å².